The maximum Gasteiger partial charge on any atom is 0.340 e. The van der Waals surface area contributed by atoms with Gasteiger partial charge >= 0.3 is 5.97 Å². The van der Waals surface area contributed by atoms with Crippen LogP contribution in [-0.2, 0) is 4.74 Å². The molecular formula is C14H19NO3. The molecule has 4 heteroatoms. The van der Waals surface area contributed by atoms with Crippen molar-refractivity contribution >= 4 is 11.7 Å². The molecule has 0 spiro atoms. The summed E-state index contributed by atoms with van der Waals surface area (Å²) in [5.41, 5.74) is 6.59. The first-order chi connectivity index (χ1) is 8.70. The fourth-order valence-electron chi connectivity index (χ4n) is 1.57. The van der Waals surface area contributed by atoms with Crippen molar-refractivity contribution in [3.63, 3.8) is 0 Å². The Balaban J connectivity index is 2.02. The molecule has 1 aliphatic rings. The number of hydrogen-bond donors (Lipinski definition) is 1. The molecule has 2 N–H and O–H groups in total. The van der Waals surface area contributed by atoms with Gasteiger partial charge in [0, 0.05) is 5.69 Å². The highest BCUT2D eigenvalue weighted by Crippen LogP contribution is 2.30. The molecule has 1 aliphatic carbocycles. The van der Waals surface area contributed by atoms with Gasteiger partial charge in [-0.05, 0) is 43.4 Å². The van der Waals surface area contributed by atoms with Crippen LogP contribution >= 0.6 is 0 Å². The standard InChI is InChI=1S/C14H19NO3/c1-2-7-17-14(16)12-8-11(5-6-13(12)15)18-9-10-3-4-10/h5-6,8,10H,2-4,7,9,15H2,1H3. The summed E-state index contributed by atoms with van der Waals surface area (Å²) in [5.74, 6) is 0.976. The molecule has 1 fully saturated rings. The third kappa shape index (κ3) is 3.39. The second-order valence-electron chi connectivity index (χ2n) is 4.64. The van der Waals surface area contributed by atoms with Crippen molar-refractivity contribution < 1.29 is 14.3 Å². The molecule has 18 heavy (non-hydrogen) atoms. The maximum absolute atomic E-state index is 11.8. The molecule has 98 valence electrons. The molecular weight excluding hydrogens is 230 g/mol. The molecule has 1 aromatic carbocycles. The van der Waals surface area contributed by atoms with Crippen LogP contribution in [0.25, 0.3) is 0 Å². The zero-order chi connectivity index (χ0) is 13.0. The van der Waals surface area contributed by atoms with E-state index in [1.54, 1.807) is 18.2 Å². The molecule has 0 aromatic heterocycles. The molecule has 0 amide bonds. The minimum Gasteiger partial charge on any atom is -0.493 e. The molecule has 0 radical (unpaired) electrons. The van der Waals surface area contributed by atoms with E-state index in [4.69, 9.17) is 15.2 Å². The number of rotatable bonds is 6. The van der Waals surface area contributed by atoms with Crippen molar-refractivity contribution in [2.75, 3.05) is 18.9 Å². The van der Waals surface area contributed by atoms with E-state index >= 15 is 0 Å². The summed E-state index contributed by atoms with van der Waals surface area (Å²) in [7, 11) is 0. The minimum absolute atomic E-state index is 0.383. The lowest BCUT2D eigenvalue weighted by molar-refractivity contribution is 0.0506. The first kappa shape index (κ1) is 12.7. The highest BCUT2D eigenvalue weighted by atomic mass is 16.5. The first-order valence-electron chi connectivity index (χ1n) is 6.40. The van der Waals surface area contributed by atoms with Gasteiger partial charge in [0.25, 0.3) is 0 Å². The van der Waals surface area contributed by atoms with Crippen LogP contribution in [0.3, 0.4) is 0 Å². The van der Waals surface area contributed by atoms with Gasteiger partial charge in [-0.1, -0.05) is 6.92 Å². The minimum atomic E-state index is -0.383. The highest BCUT2D eigenvalue weighted by molar-refractivity contribution is 5.95. The Morgan fingerprint density at radius 3 is 2.89 bits per heavy atom. The zero-order valence-corrected chi connectivity index (χ0v) is 10.6. The first-order valence-corrected chi connectivity index (χ1v) is 6.40. The third-order valence-corrected chi connectivity index (χ3v) is 2.86. The summed E-state index contributed by atoms with van der Waals surface area (Å²) in [6.07, 6.45) is 3.27. The predicted octanol–water partition coefficient (Wildman–Crippen LogP) is 2.62. The van der Waals surface area contributed by atoms with Gasteiger partial charge in [-0.15, -0.1) is 0 Å². The third-order valence-electron chi connectivity index (χ3n) is 2.86. The number of benzene rings is 1. The Labute approximate surface area is 107 Å². The monoisotopic (exact) mass is 249 g/mol. The smallest absolute Gasteiger partial charge is 0.340 e. The Kier molecular flexibility index (Phi) is 4.07. The molecule has 0 saturated heterocycles. The lowest BCUT2D eigenvalue weighted by Gasteiger charge is -2.09. The van der Waals surface area contributed by atoms with Crippen LogP contribution in [0.5, 0.6) is 5.75 Å². The fourth-order valence-corrected chi connectivity index (χ4v) is 1.57. The summed E-state index contributed by atoms with van der Waals surface area (Å²) in [6.45, 7) is 3.07. The molecule has 0 bridgehead atoms. The Bertz CT molecular complexity index is 427. The molecule has 0 heterocycles. The van der Waals surface area contributed by atoms with E-state index in [1.165, 1.54) is 12.8 Å². The van der Waals surface area contributed by atoms with E-state index in [0.29, 0.717) is 36.1 Å². The normalized spacial score (nSPS) is 14.3. The average molecular weight is 249 g/mol. The van der Waals surface area contributed by atoms with Crippen LogP contribution in [0.2, 0.25) is 0 Å². The molecule has 1 saturated carbocycles. The second kappa shape index (κ2) is 5.76. The Hall–Kier alpha value is -1.71. The highest BCUT2D eigenvalue weighted by Gasteiger charge is 2.22. The van der Waals surface area contributed by atoms with Gasteiger partial charge in [-0.2, -0.15) is 0 Å². The van der Waals surface area contributed by atoms with Crippen LogP contribution in [0.1, 0.15) is 36.5 Å². The predicted molar refractivity (Wildman–Crippen MR) is 69.6 cm³/mol. The van der Waals surface area contributed by atoms with Gasteiger partial charge in [0.1, 0.15) is 5.75 Å². The van der Waals surface area contributed by atoms with E-state index in [9.17, 15) is 4.79 Å². The van der Waals surface area contributed by atoms with Gasteiger partial charge in [0.2, 0.25) is 0 Å². The van der Waals surface area contributed by atoms with Crippen LogP contribution in [0, 0.1) is 5.92 Å². The van der Waals surface area contributed by atoms with Crippen molar-refractivity contribution in [3.05, 3.63) is 23.8 Å². The molecule has 4 nitrogen and oxygen atoms in total. The van der Waals surface area contributed by atoms with E-state index in [0.717, 1.165) is 6.42 Å². The SMILES string of the molecule is CCCOC(=O)c1cc(OCC2CC2)ccc1N. The lowest BCUT2D eigenvalue weighted by atomic mass is 10.1. The summed E-state index contributed by atoms with van der Waals surface area (Å²) in [4.78, 5) is 11.8. The van der Waals surface area contributed by atoms with E-state index < -0.39 is 0 Å². The number of carbonyl (C=O) groups is 1. The quantitative estimate of drug-likeness (QED) is 0.622. The molecule has 0 atom stereocenters. The lowest BCUT2D eigenvalue weighted by Crippen LogP contribution is -2.09. The summed E-state index contributed by atoms with van der Waals surface area (Å²) >= 11 is 0. The number of ether oxygens (including phenoxy) is 2. The Morgan fingerprint density at radius 1 is 1.44 bits per heavy atom. The number of carbonyl (C=O) groups excluding carboxylic acids is 1. The maximum atomic E-state index is 11.8. The number of nitrogen functional groups attached to an aromatic ring is 1. The van der Waals surface area contributed by atoms with Crippen LogP contribution in [-0.4, -0.2) is 19.2 Å². The topological polar surface area (TPSA) is 61.5 Å². The van der Waals surface area contributed by atoms with Gasteiger partial charge in [0.05, 0.1) is 18.8 Å². The molecule has 2 rings (SSSR count). The summed E-state index contributed by atoms with van der Waals surface area (Å²) < 4.78 is 10.7. The van der Waals surface area contributed by atoms with Crippen molar-refractivity contribution in [1.29, 1.82) is 0 Å². The molecule has 0 unspecified atom stereocenters. The number of anilines is 1. The van der Waals surface area contributed by atoms with E-state index in [1.807, 2.05) is 6.92 Å². The average Bonchev–Trinajstić information content (AvgIpc) is 3.19. The zero-order valence-electron chi connectivity index (χ0n) is 10.6. The van der Waals surface area contributed by atoms with Gasteiger partial charge in [0.15, 0.2) is 0 Å². The fraction of sp³-hybridized carbons (Fsp3) is 0.500. The van der Waals surface area contributed by atoms with Gasteiger partial charge in [-0.25, -0.2) is 4.79 Å². The van der Waals surface area contributed by atoms with Crippen LogP contribution in [0.4, 0.5) is 5.69 Å². The Morgan fingerprint density at radius 2 is 2.22 bits per heavy atom. The van der Waals surface area contributed by atoms with E-state index in [-0.39, 0.29) is 5.97 Å². The second-order valence-corrected chi connectivity index (χ2v) is 4.64. The van der Waals surface area contributed by atoms with E-state index in [2.05, 4.69) is 0 Å². The van der Waals surface area contributed by atoms with Gasteiger partial charge < -0.3 is 15.2 Å². The summed E-state index contributed by atoms with van der Waals surface area (Å²) in [5, 5.41) is 0. The number of esters is 1. The van der Waals surface area contributed by atoms with Crippen LogP contribution in [0.15, 0.2) is 18.2 Å². The van der Waals surface area contributed by atoms with Crippen molar-refractivity contribution in [2.24, 2.45) is 5.92 Å². The molecule has 0 aliphatic heterocycles. The van der Waals surface area contributed by atoms with Crippen molar-refractivity contribution in [2.45, 2.75) is 26.2 Å². The van der Waals surface area contributed by atoms with Crippen molar-refractivity contribution in [1.82, 2.24) is 0 Å². The van der Waals surface area contributed by atoms with Crippen LogP contribution < -0.4 is 10.5 Å². The van der Waals surface area contributed by atoms with Crippen molar-refractivity contribution in [3.8, 4) is 5.75 Å². The molecule has 1 aromatic rings. The summed E-state index contributed by atoms with van der Waals surface area (Å²) in [6, 6.07) is 5.13. The van der Waals surface area contributed by atoms with Gasteiger partial charge in [-0.3, -0.25) is 0 Å². The number of nitrogens with two attached hydrogens (primary N) is 1. The largest absolute Gasteiger partial charge is 0.493 e. The number of hydrogen-bond acceptors (Lipinski definition) is 4.